The van der Waals surface area contributed by atoms with E-state index in [1.54, 1.807) is 37.3 Å². The van der Waals surface area contributed by atoms with Crippen molar-refractivity contribution in [3.63, 3.8) is 0 Å². The van der Waals surface area contributed by atoms with Gasteiger partial charge in [0.1, 0.15) is 0 Å². The Labute approximate surface area is 165 Å². The minimum Gasteiger partial charge on any atom is -0.493 e. The SMILES string of the molecule is COc1cccc2c1O[C@]1(C)C[C@@H]2[C@H](S(=O)(=O)c2ccc(Br)cc2)C(=O)N1. The Balaban J connectivity index is 1.87. The van der Waals surface area contributed by atoms with Crippen molar-refractivity contribution in [3.8, 4) is 11.5 Å². The molecule has 27 heavy (non-hydrogen) atoms. The second-order valence-corrected chi connectivity index (χ2v) is 9.92. The van der Waals surface area contributed by atoms with Gasteiger partial charge in [-0.15, -0.1) is 0 Å². The van der Waals surface area contributed by atoms with E-state index in [-0.39, 0.29) is 4.90 Å². The molecule has 3 atom stereocenters. The Kier molecular flexibility index (Phi) is 4.23. The highest BCUT2D eigenvalue weighted by atomic mass is 79.9. The molecule has 0 aliphatic carbocycles. The van der Waals surface area contributed by atoms with Gasteiger partial charge in [0, 0.05) is 22.4 Å². The van der Waals surface area contributed by atoms with Crippen molar-refractivity contribution >= 4 is 31.7 Å². The lowest BCUT2D eigenvalue weighted by atomic mass is 9.81. The number of rotatable bonds is 3. The van der Waals surface area contributed by atoms with E-state index < -0.39 is 32.6 Å². The highest BCUT2D eigenvalue weighted by molar-refractivity contribution is 9.10. The maximum atomic E-state index is 13.3. The van der Waals surface area contributed by atoms with Gasteiger partial charge in [-0.05, 0) is 37.3 Å². The number of carbonyl (C=O) groups excluding carboxylic acids is 1. The molecule has 2 aromatic rings. The van der Waals surface area contributed by atoms with Crippen LogP contribution in [0.25, 0.3) is 0 Å². The number of methoxy groups -OCH3 is 1. The number of piperidine rings is 1. The molecule has 1 saturated heterocycles. The van der Waals surface area contributed by atoms with Gasteiger partial charge in [0.05, 0.1) is 12.0 Å². The zero-order valence-corrected chi connectivity index (χ0v) is 17.1. The largest absolute Gasteiger partial charge is 0.493 e. The number of halogens is 1. The average molecular weight is 452 g/mol. The van der Waals surface area contributed by atoms with Crippen LogP contribution in [0.1, 0.15) is 24.8 Å². The summed E-state index contributed by atoms with van der Waals surface area (Å²) >= 11 is 3.30. The molecule has 2 bridgehead atoms. The molecule has 2 aromatic carbocycles. The molecule has 2 heterocycles. The molecule has 0 spiro atoms. The summed E-state index contributed by atoms with van der Waals surface area (Å²) in [4.78, 5) is 13.0. The molecule has 0 unspecified atom stereocenters. The van der Waals surface area contributed by atoms with Gasteiger partial charge in [-0.25, -0.2) is 8.42 Å². The fourth-order valence-corrected chi connectivity index (χ4v) is 5.97. The van der Waals surface area contributed by atoms with Crippen LogP contribution in [-0.2, 0) is 14.6 Å². The summed E-state index contributed by atoms with van der Waals surface area (Å²) in [7, 11) is -2.37. The van der Waals surface area contributed by atoms with Crippen molar-refractivity contribution in [2.75, 3.05) is 7.11 Å². The van der Waals surface area contributed by atoms with E-state index in [0.717, 1.165) is 4.47 Å². The second kappa shape index (κ2) is 6.24. The van der Waals surface area contributed by atoms with E-state index in [9.17, 15) is 13.2 Å². The normalized spacial score (nSPS) is 26.6. The molecule has 1 N–H and O–H groups in total. The highest BCUT2D eigenvalue weighted by Gasteiger charge is 2.54. The first kappa shape index (κ1) is 18.3. The maximum Gasteiger partial charge on any atom is 0.242 e. The van der Waals surface area contributed by atoms with Crippen LogP contribution in [-0.4, -0.2) is 32.4 Å². The van der Waals surface area contributed by atoms with Crippen LogP contribution < -0.4 is 14.8 Å². The summed E-state index contributed by atoms with van der Waals surface area (Å²) in [6, 6.07) is 11.6. The number of nitrogens with one attached hydrogen (secondary N) is 1. The van der Waals surface area contributed by atoms with E-state index in [4.69, 9.17) is 9.47 Å². The predicted octanol–water partition coefficient (Wildman–Crippen LogP) is 3.01. The predicted molar refractivity (Wildman–Crippen MR) is 103 cm³/mol. The number of fused-ring (bicyclic) bond motifs is 4. The van der Waals surface area contributed by atoms with Crippen molar-refractivity contribution in [2.24, 2.45) is 0 Å². The number of ether oxygens (including phenoxy) is 2. The summed E-state index contributed by atoms with van der Waals surface area (Å²) in [5.41, 5.74) is -0.304. The van der Waals surface area contributed by atoms with Gasteiger partial charge in [0.15, 0.2) is 32.3 Å². The summed E-state index contributed by atoms with van der Waals surface area (Å²) < 4.78 is 38.8. The van der Waals surface area contributed by atoms with Crippen LogP contribution >= 0.6 is 15.9 Å². The molecule has 8 heteroatoms. The number of carbonyl (C=O) groups is 1. The van der Waals surface area contributed by atoms with Crippen LogP contribution in [0.15, 0.2) is 51.8 Å². The van der Waals surface area contributed by atoms with E-state index in [0.29, 0.717) is 23.5 Å². The topological polar surface area (TPSA) is 81.7 Å². The minimum absolute atomic E-state index is 0.116. The van der Waals surface area contributed by atoms with Gasteiger partial charge in [-0.1, -0.05) is 28.1 Å². The highest BCUT2D eigenvalue weighted by Crippen LogP contribution is 2.50. The summed E-state index contributed by atoms with van der Waals surface area (Å²) in [5, 5.41) is 1.51. The summed E-state index contributed by atoms with van der Waals surface area (Å²) in [6.07, 6.45) is 0.360. The molecule has 2 aliphatic rings. The molecule has 4 rings (SSSR count). The van der Waals surface area contributed by atoms with Crippen LogP contribution in [0.5, 0.6) is 11.5 Å². The van der Waals surface area contributed by atoms with Crippen molar-refractivity contribution in [1.29, 1.82) is 0 Å². The average Bonchev–Trinajstić information content (AvgIpc) is 2.60. The minimum atomic E-state index is -3.90. The third kappa shape index (κ3) is 2.91. The molecule has 2 aliphatic heterocycles. The smallest absolute Gasteiger partial charge is 0.242 e. The van der Waals surface area contributed by atoms with Crippen LogP contribution in [0, 0.1) is 0 Å². The number of hydrogen-bond donors (Lipinski definition) is 1. The van der Waals surface area contributed by atoms with Crippen molar-refractivity contribution < 1.29 is 22.7 Å². The van der Waals surface area contributed by atoms with Gasteiger partial charge < -0.3 is 14.8 Å². The maximum absolute atomic E-state index is 13.3. The number of para-hydroxylation sites is 1. The molecule has 142 valence electrons. The molecule has 6 nitrogen and oxygen atoms in total. The molecule has 0 radical (unpaired) electrons. The number of benzene rings is 2. The number of sulfone groups is 1. The summed E-state index contributed by atoms with van der Waals surface area (Å²) in [6.45, 7) is 1.75. The van der Waals surface area contributed by atoms with Gasteiger partial charge >= 0.3 is 0 Å². The van der Waals surface area contributed by atoms with Gasteiger partial charge in [-0.3, -0.25) is 4.79 Å². The molecule has 1 fully saturated rings. The standard InChI is InChI=1S/C19H18BrNO5S/c1-19-10-14(13-4-3-5-15(25-2)16(13)26-19)17(18(22)21-19)27(23,24)12-8-6-11(20)7-9-12/h3-9,14,17H,10H2,1-2H3,(H,21,22)/t14-,17-,19+/m0/s1. The Morgan fingerprint density at radius 2 is 1.93 bits per heavy atom. The third-order valence-electron chi connectivity index (χ3n) is 5.05. The van der Waals surface area contributed by atoms with Crippen LogP contribution in [0.3, 0.4) is 0 Å². The molecule has 0 saturated carbocycles. The van der Waals surface area contributed by atoms with E-state index in [1.165, 1.54) is 19.2 Å². The Morgan fingerprint density at radius 1 is 1.22 bits per heavy atom. The van der Waals surface area contributed by atoms with Crippen molar-refractivity contribution in [2.45, 2.75) is 35.1 Å². The lowest BCUT2D eigenvalue weighted by molar-refractivity contribution is -0.132. The Bertz CT molecular complexity index is 1020. The lowest BCUT2D eigenvalue weighted by Gasteiger charge is -2.47. The van der Waals surface area contributed by atoms with Crippen LogP contribution in [0.2, 0.25) is 0 Å². The number of hydrogen-bond acceptors (Lipinski definition) is 5. The van der Waals surface area contributed by atoms with Gasteiger partial charge in [0.25, 0.3) is 0 Å². The third-order valence-corrected chi connectivity index (χ3v) is 7.72. The number of amides is 1. The fraction of sp³-hybridized carbons (Fsp3) is 0.316. The second-order valence-electron chi connectivity index (χ2n) is 6.93. The first-order valence-electron chi connectivity index (χ1n) is 8.42. The lowest BCUT2D eigenvalue weighted by Crippen LogP contribution is -2.63. The first-order valence-corrected chi connectivity index (χ1v) is 10.8. The van der Waals surface area contributed by atoms with Crippen LogP contribution in [0.4, 0.5) is 0 Å². The van der Waals surface area contributed by atoms with E-state index in [1.807, 2.05) is 0 Å². The fourth-order valence-electron chi connectivity index (χ4n) is 3.88. The Morgan fingerprint density at radius 3 is 2.59 bits per heavy atom. The first-order chi connectivity index (χ1) is 12.7. The van der Waals surface area contributed by atoms with Crippen molar-refractivity contribution in [1.82, 2.24) is 5.32 Å². The van der Waals surface area contributed by atoms with Gasteiger partial charge in [0.2, 0.25) is 5.91 Å². The zero-order chi connectivity index (χ0) is 19.4. The van der Waals surface area contributed by atoms with E-state index >= 15 is 0 Å². The molecule has 0 aromatic heterocycles. The quantitative estimate of drug-likeness (QED) is 0.775. The monoisotopic (exact) mass is 451 g/mol. The summed E-state index contributed by atoms with van der Waals surface area (Å²) in [5.74, 6) is -0.0875. The van der Waals surface area contributed by atoms with Gasteiger partial charge in [-0.2, -0.15) is 0 Å². The molecule has 1 amide bonds. The molecular formula is C19H18BrNO5S. The molecular weight excluding hydrogens is 434 g/mol. The zero-order valence-electron chi connectivity index (χ0n) is 14.7. The Hall–Kier alpha value is -2.06. The van der Waals surface area contributed by atoms with E-state index in [2.05, 4.69) is 21.2 Å². The van der Waals surface area contributed by atoms with Crippen molar-refractivity contribution in [3.05, 3.63) is 52.5 Å².